The van der Waals surface area contributed by atoms with Crippen molar-refractivity contribution < 1.29 is 13.6 Å². The Kier molecular flexibility index (Phi) is 4.17. The van der Waals surface area contributed by atoms with E-state index in [1.807, 2.05) is 0 Å². The number of carbonyl (C=O) groups excluding carboxylic acids is 1. The molecule has 2 rings (SSSR count). The molecule has 0 bridgehead atoms. The van der Waals surface area contributed by atoms with Crippen molar-refractivity contribution in [1.29, 1.82) is 0 Å². The third-order valence-corrected chi connectivity index (χ3v) is 3.19. The van der Waals surface area contributed by atoms with Gasteiger partial charge >= 0.3 is 0 Å². The summed E-state index contributed by atoms with van der Waals surface area (Å²) in [7, 11) is 0. The van der Waals surface area contributed by atoms with Gasteiger partial charge in [-0.15, -0.1) is 11.6 Å². The maximum Gasteiger partial charge on any atom is 0.227 e. The number of alkyl halides is 1. The van der Waals surface area contributed by atoms with Gasteiger partial charge in [0.05, 0.1) is 6.42 Å². The van der Waals surface area contributed by atoms with Crippen LogP contribution in [-0.4, -0.2) is 29.3 Å². The quantitative estimate of drug-likeness (QED) is 0.756. The van der Waals surface area contributed by atoms with Crippen molar-refractivity contribution in [2.24, 2.45) is 0 Å². The molecule has 0 heterocycles. The second-order valence-electron chi connectivity index (χ2n) is 4.38. The molecule has 1 fully saturated rings. The third-order valence-electron chi connectivity index (χ3n) is 3.02. The Balaban J connectivity index is 2.10. The Morgan fingerprint density at radius 2 is 1.94 bits per heavy atom. The zero-order valence-corrected chi connectivity index (χ0v) is 10.6. The Morgan fingerprint density at radius 3 is 2.44 bits per heavy atom. The monoisotopic (exact) mass is 273 g/mol. The molecule has 2 nitrogen and oxygen atoms in total. The Labute approximate surface area is 110 Å². The van der Waals surface area contributed by atoms with Gasteiger partial charge in [0.25, 0.3) is 0 Å². The zero-order chi connectivity index (χ0) is 13.1. The summed E-state index contributed by atoms with van der Waals surface area (Å²) < 4.78 is 26.9. The average Bonchev–Trinajstić information content (AvgIpc) is 3.15. The maximum absolute atomic E-state index is 13.4. The molecule has 0 saturated heterocycles. The van der Waals surface area contributed by atoms with E-state index in [4.69, 9.17) is 11.6 Å². The summed E-state index contributed by atoms with van der Waals surface area (Å²) >= 11 is 5.64. The summed E-state index contributed by atoms with van der Waals surface area (Å²) in [6.07, 6.45) is 1.65. The van der Waals surface area contributed by atoms with Crippen molar-refractivity contribution in [2.45, 2.75) is 25.3 Å². The first-order valence-corrected chi connectivity index (χ1v) is 6.45. The Morgan fingerprint density at radius 1 is 1.33 bits per heavy atom. The molecule has 18 heavy (non-hydrogen) atoms. The van der Waals surface area contributed by atoms with Crippen LogP contribution in [0.25, 0.3) is 0 Å². The van der Waals surface area contributed by atoms with Gasteiger partial charge in [-0.1, -0.05) is 6.07 Å². The van der Waals surface area contributed by atoms with Gasteiger partial charge in [0.1, 0.15) is 11.6 Å². The molecule has 98 valence electrons. The largest absolute Gasteiger partial charge is 0.338 e. The molecular formula is C13H14ClF2NO. The van der Waals surface area contributed by atoms with E-state index in [-0.39, 0.29) is 23.9 Å². The first-order chi connectivity index (χ1) is 8.63. The number of halogens is 3. The number of amides is 1. The minimum atomic E-state index is -0.676. The lowest BCUT2D eigenvalue weighted by Gasteiger charge is -2.21. The Bertz CT molecular complexity index is 428. The molecular weight excluding hydrogens is 260 g/mol. The van der Waals surface area contributed by atoms with Gasteiger partial charge in [0.15, 0.2) is 0 Å². The summed E-state index contributed by atoms with van der Waals surface area (Å²) in [4.78, 5) is 13.6. The lowest BCUT2D eigenvalue weighted by atomic mass is 10.1. The summed E-state index contributed by atoms with van der Waals surface area (Å²) in [5.74, 6) is -1.28. The van der Waals surface area contributed by atoms with E-state index in [1.54, 1.807) is 4.90 Å². The van der Waals surface area contributed by atoms with Crippen molar-refractivity contribution in [3.63, 3.8) is 0 Å². The van der Waals surface area contributed by atoms with Crippen LogP contribution in [0.1, 0.15) is 18.4 Å². The van der Waals surface area contributed by atoms with Crippen molar-refractivity contribution in [3.05, 3.63) is 35.4 Å². The topological polar surface area (TPSA) is 20.3 Å². The van der Waals surface area contributed by atoms with E-state index < -0.39 is 11.6 Å². The molecule has 1 aromatic carbocycles. The molecule has 0 unspecified atom stereocenters. The second-order valence-corrected chi connectivity index (χ2v) is 4.76. The molecule has 0 radical (unpaired) electrons. The molecule has 5 heteroatoms. The molecule has 1 aromatic rings. The van der Waals surface area contributed by atoms with Crippen LogP contribution in [0.5, 0.6) is 0 Å². The van der Waals surface area contributed by atoms with E-state index in [0.717, 1.165) is 25.0 Å². The summed E-state index contributed by atoms with van der Waals surface area (Å²) in [5.41, 5.74) is -0.164. The fraction of sp³-hybridized carbons (Fsp3) is 0.462. The average molecular weight is 274 g/mol. The van der Waals surface area contributed by atoms with Crippen LogP contribution in [0.4, 0.5) is 8.78 Å². The third kappa shape index (κ3) is 2.99. The number of hydrogen-bond donors (Lipinski definition) is 0. The minimum absolute atomic E-state index is 0.164. The fourth-order valence-corrected chi connectivity index (χ4v) is 2.12. The summed E-state index contributed by atoms with van der Waals surface area (Å²) in [5, 5.41) is 0. The number of benzene rings is 1. The molecule has 0 aromatic heterocycles. The highest BCUT2D eigenvalue weighted by Gasteiger charge is 2.32. The van der Waals surface area contributed by atoms with Gasteiger partial charge < -0.3 is 4.90 Å². The van der Waals surface area contributed by atoms with E-state index in [2.05, 4.69) is 0 Å². The lowest BCUT2D eigenvalue weighted by Crippen LogP contribution is -2.36. The first kappa shape index (κ1) is 13.3. The standard InChI is InChI=1S/C13H14ClF2NO/c14-6-7-17(9-4-5-9)13(18)8-10-11(15)2-1-3-12(10)16/h1-3,9H,4-8H2. The molecule has 0 atom stereocenters. The van der Waals surface area contributed by atoms with Crippen LogP contribution >= 0.6 is 11.6 Å². The van der Waals surface area contributed by atoms with Crippen molar-refractivity contribution >= 4 is 17.5 Å². The van der Waals surface area contributed by atoms with E-state index in [0.29, 0.717) is 12.4 Å². The normalized spacial score (nSPS) is 14.6. The van der Waals surface area contributed by atoms with Crippen LogP contribution in [0, 0.1) is 11.6 Å². The van der Waals surface area contributed by atoms with Crippen molar-refractivity contribution in [1.82, 2.24) is 4.90 Å². The summed E-state index contributed by atoms with van der Waals surface area (Å²) in [6.45, 7) is 0.432. The van der Waals surface area contributed by atoms with Gasteiger partial charge in [-0.2, -0.15) is 0 Å². The maximum atomic E-state index is 13.4. The number of rotatable bonds is 5. The van der Waals surface area contributed by atoms with E-state index in [9.17, 15) is 13.6 Å². The molecule has 1 saturated carbocycles. The Hall–Kier alpha value is -1.16. The highest BCUT2D eigenvalue weighted by molar-refractivity contribution is 6.18. The predicted molar refractivity (Wildman–Crippen MR) is 65.5 cm³/mol. The van der Waals surface area contributed by atoms with E-state index >= 15 is 0 Å². The van der Waals surface area contributed by atoms with Crippen LogP contribution in [0.2, 0.25) is 0 Å². The van der Waals surface area contributed by atoms with Gasteiger partial charge in [0.2, 0.25) is 5.91 Å². The zero-order valence-electron chi connectivity index (χ0n) is 9.83. The number of carbonyl (C=O) groups is 1. The first-order valence-electron chi connectivity index (χ1n) is 5.92. The highest BCUT2D eigenvalue weighted by atomic mass is 35.5. The molecule has 0 aliphatic heterocycles. The summed E-state index contributed by atoms with van der Waals surface area (Å²) in [6, 6.07) is 3.81. The minimum Gasteiger partial charge on any atom is -0.338 e. The SMILES string of the molecule is O=C(Cc1c(F)cccc1F)N(CCCl)C1CC1. The van der Waals surface area contributed by atoms with Crippen LogP contribution < -0.4 is 0 Å². The number of nitrogens with zero attached hydrogens (tertiary/aromatic N) is 1. The molecule has 1 amide bonds. The number of hydrogen-bond acceptors (Lipinski definition) is 1. The predicted octanol–water partition coefficient (Wildman–Crippen LogP) is 2.74. The van der Waals surface area contributed by atoms with Gasteiger partial charge in [0, 0.05) is 24.0 Å². The smallest absolute Gasteiger partial charge is 0.227 e. The fourth-order valence-electron chi connectivity index (χ4n) is 1.94. The van der Waals surface area contributed by atoms with Gasteiger partial charge in [-0.25, -0.2) is 8.78 Å². The van der Waals surface area contributed by atoms with Crippen LogP contribution in [-0.2, 0) is 11.2 Å². The molecule has 0 N–H and O–H groups in total. The second kappa shape index (κ2) is 5.65. The van der Waals surface area contributed by atoms with Gasteiger partial charge in [-0.3, -0.25) is 4.79 Å². The van der Waals surface area contributed by atoms with Crippen LogP contribution in [0.15, 0.2) is 18.2 Å². The molecule has 1 aliphatic carbocycles. The molecule has 0 spiro atoms. The lowest BCUT2D eigenvalue weighted by molar-refractivity contribution is -0.130. The van der Waals surface area contributed by atoms with Gasteiger partial charge in [-0.05, 0) is 25.0 Å². The van der Waals surface area contributed by atoms with E-state index in [1.165, 1.54) is 6.07 Å². The van der Waals surface area contributed by atoms with Crippen LogP contribution in [0.3, 0.4) is 0 Å². The highest BCUT2D eigenvalue weighted by Crippen LogP contribution is 2.27. The van der Waals surface area contributed by atoms with Crippen molar-refractivity contribution in [2.75, 3.05) is 12.4 Å². The van der Waals surface area contributed by atoms with Crippen molar-refractivity contribution in [3.8, 4) is 0 Å². The molecule has 1 aliphatic rings.